The van der Waals surface area contributed by atoms with Crippen molar-refractivity contribution < 1.29 is 13.2 Å². The highest BCUT2D eigenvalue weighted by atomic mass is 32.2. The Morgan fingerprint density at radius 3 is 2.22 bits per heavy atom. The molecule has 0 aliphatic heterocycles. The van der Waals surface area contributed by atoms with Gasteiger partial charge in [-0.3, -0.25) is 4.79 Å². The number of carbonyl (C=O) groups is 1. The molecule has 0 saturated carbocycles. The highest BCUT2D eigenvalue weighted by Gasteiger charge is 2.15. The van der Waals surface area contributed by atoms with Crippen LogP contribution in [0.25, 0.3) is 11.1 Å². The van der Waals surface area contributed by atoms with Gasteiger partial charge in [-0.1, -0.05) is 55.5 Å². The number of carbonyl (C=O) groups excluding carboxylic acids is 1. The lowest BCUT2D eigenvalue weighted by Crippen LogP contribution is -2.14. The van der Waals surface area contributed by atoms with Crippen molar-refractivity contribution in [1.29, 1.82) is 0 Å². The third-order valence-corrected chi connectivity index (χ3v) is 5.26. The summed E-state index contributed by atoms with van der Waals surface area (Å²) in [6.45, 7) is 2.00. The molecule has 0 bridgehead atoms. The third kappa shape index (κ3) is 4.24. The SMILES string of the molecule is CCc1ccccc1C(=O)Nc1ccc(-c2ccccc2S(N)(=O)=O)cc1. The molecule has 0 aromatic heterocycles. The predicted octanol–water partition coefficient (Wildman–Crippen LogP) is 3.82. The molecule has 0 unspecified atom stereocenters. The van der Waals surface area contributed by atoms with Crippen molar-refractivity contribution in [2.75, 3.05) is 5.32 Å². The lowest BCUT2D eigenvalue weighted by atomic mass is 10.0. The molecule has 0 saturated heterocycles. The van der Waals surface area contributed by atoms with Gasteiger partial charge < -0.3 is 5.32 Å². The maximum Gasteiger partial charge on any atom is 0.255 e. The van der Waals surface area contributed by atoms with Crippen molar-refractivity contribution >= 4 is 21.6 Å². The van der Waals surface area contributed by atoms with Gasteiger partial charge in [-0.2, -0.15) is 0 Å². The largest absolute Gasteiger partial charge is 0.322 e. The van der Waals surface area contributed by atoms with E-state index in [0.29, 0.717) is 22.4 Å². The van der Waals surface area contributed by atoms with Gasteiger partial charge in [-0.05, 0) is 41.8 Å². The van der Waals surface area contributed by atoms with Crippen LogP contribution >= 0.6 is 0 Å². The Morgan fingerprint density at radius 2 is 1.56 bits per heavy atom. The molecular formula is C21H20N2O3S. The first-order valence-corrected chi connectivity index (χ1v) is 10.1. The van der Waals surface area contributed by atoms with Crippen LogP contribution in [-0.4, -0.2) is 14.3 Å². The molecule has 0 spiro atoms. The molecule has 5 nitrogen and oxygen atoms in total. The average molecular weight is 380 g/mol. The summed E-state index contributed by atoms with van der Waals surface area (Å²) in [6, 6.07) is 21.0. The molecule has 0 aliphatic rings. The molecule has 3 N–H and O–H groups in total. The second-order valence-electron chi connectivity index (χ2n) is 6.08. The van der Waals surface area contributed by atoms with Gasteiger partial charge in [0.1, 0.15) is 0 Å². The van der Waals surface area contributed by atoms with E-state index in [9.17, 15) is 13.2 Å². The molecule has 1 amide bonds. The number of rotatable bonds is 5. The number of nitrogens with two attached hydrogens (primary N) is 1. The van der Waals surface area contributed by atoms with Crippen LogP contribution in [0.3, 0.4) is 0 Å². The Morgan fingerprint density at radius 1 is 0.926 bits per heavy atom. The highest BCUT2D eigenvalue weighted by Crippen LogP contribution is 2.27. The van der Waals surface area contributed by atoms with Gasteiger partial charge in [-0.15, -0.1) is 0 Å². The van der Waals surface area contributed by atoms with E-state index in [1.165, 1.54) is 6.07 Å². The number of amides is 1. The van der Waals surface area contributed by atoms with Crippen LogP contribution in [0.4, 0.5) is 5.69 Å². The summed E-state index contributed by atoms with van der Waals surface area (Å²) < 4.78 is 23.6. The smallest absolute Gasteiger partial charge is 0.255 e. The van der Waals surface area contributed by atoms with Gasteiger partial charge in [0.15, 0.2) is 0 Å². The minimum absolute atomic E-state index is 0.0682. The number of hydrogen-bond acceptors (Lipinski definition) is 3. The average Bonchev–Trinajstić information content (AvgIpc) is 2.68. The van der Waals surface area contributed by atoms with Gasteiger partial charge in [-0.25, -0.2) is 13.6 Å². The third-order valence-electron chi connectivity index (χ3n) is 4.29. The Labute approximate surface area is 158 Å². The van der Waals surface area contributed by atoms with E-state index in [-0.39, 0.29) is 10.8 Å². The first-order chi connectivity index (χ1) is 12.9. The number of primary sulfonamides is 1. The highest BCUT2D eigenvalue weighted by molar-refractivity contribution is 7.89. The molecule has 3 aromatic rings. The van der Waals surface area contributed by atoms with Gasteiger partial charge in [0.25, 0.3) is 5.91 Å². The summed E-state index contributed by atoms with van der Waals surface area (Å²) in [6.07, 6.45) is 0.771. The van der Waals surface area contributed by atoms with Crippen molar-refractivity contribution in [3.05, 3.63) is 83.9 Å². The van der Waals surface area contributed by atoms with E-state index < -0.39 is 10.0 Å². The monoisotopic (exact) mass is 380 g/mol. The number of anilines is 1. The molecule has 0 radical (unpaired) electrons. The van der Waals surface area contributed by atoms with Gasteiger partial charge >= 0.3 is 0 Å². The Kier molecular flexibility index (Phi) is 5.39. The normalized spacial score (nSPS) is 11.2. The summed E-state index contributed by atoms with van der Waals surface area (Å²) in [5, 5.41) is 8.17. The van der Waals surface area contributed by atoms with Crippen LogP contribution < -0.4 is 10.5 Å². The maximum atomic E-state index is 12.5. The zero-order valence-corrected chi connectivity index (χ0v) is 15.7. The molecule has 27 heavy (non-hydrogen) atoms. The predicted molar refractivity (Wildman–Crippen MR) is 107 cm³/mol. The van der Waals surface area contributed by atoms with E-state index >= 15 is 0 Å². The van der Waals surface area contributed by atoms with Crippen LogP contribution in [0.2, 0.25) is 0 Å². The van der Waals surface area contributed by atoms with Crippen LogP contribution in [0.1, 0.15) is 22.8 Å². The number of nitrogens with one attached hydrogen (secondary N) is 1. The second-order valence-corrected chi connectivity index (χ2v) is 7.61. The number of aryl methyl sites for hydroxylation is 1. The molecular weight excluding hydrogens is 360 g/mol. The van der Waals surface area contributed by atoms with Gasteiger partial charge in [0, 0.05) is 16.8 Å². The Hall–Kier alpha value is -2.96. The molecule has 0 aliphatic carbocycles. The van der Waals surface area contributed by atoms with Crippen molar-refractivity contribution in [1.82, 2.24) is 0 Å². The zero-order valence-electron chi connectivity index (χ0n) is 14.8. The summed E-state index contributed by atoms with van der Waals surface area (Å²) >= 11 is 0. The summed E-state index contributed by atoms with van der Waals surface area (Å²) in [4.78, 5) is 12.6. The lowest BCUT2D eigenvalue weighted by Gasteiger charge is -2.11. The summed E-state index contributed by atoms with van der Waals surface area (Å²) in [5.74, 6) is -0.176. The summed E-state index contributed by atoms with van der Waals surface area (Å²) in [7, 11) is -3.82. The van der Waals surface area contributed by atoms with Crippen LogP contribution in [0.5, 0.6) is 0 Å². The number of sulfonamides is 1. The molecule has 3 rings (SSSR count). The van der Waals surface area contributed by atoms with Crippen LogP contribution in [-0.2, 0) is 16.4 Å². The topological polar surface area (TPSA) is 89.3 Å². The molecule has 3 aromatic carbocycles. The van der Waals surface area contributed by atoms with Crippen molar-refractivity contribution in [3.8, 4) is 11.1 Å². The van der Waals surface area contributed by atoms with Gasteiger partial charge in [0.05, 0.1) is 4.90 Å². The Bertz CT molecular complexity index is 1070. The van der Waals surface area contributed by atoms with Crippen LogP contribution in [0, 0.1) is 0 Å². The molecule has 138 valence electrons. The van der Waals surface area contributed by atoms with Crippen LogP contribution in [0.15, 0.2) is 77.7 Å². The number of benzene rings is 3. The van der Waals surface area contributed by atoms with Crippen molar-refractivity contribution in [2.24, 2.45) is 5.14 Å². The minimum Gasteiger partial charge on any atom is -0.322 e. The quantitative estimate of drug-likeness (QED) is 0.705. The van der Waals surface area contributed by atoms with E-state index in [4.69, 9.17) is 5.14 Å². The van der Waals surface area contributed by atoms with Crippen molar-refractivity contribution in [3.63, 3.8) is 0 Å². The molecule has 6 heteroatoms. The standard InChI is InChI=1S/C21H20N2O3S/c1-2-15-7-3-4-9-19(15)21(24)23-17-13-11-16(12-14-17)18-8-5-6-10-20(18)27(22,25)26/h3-14H,2H2,1H3,(H,23,24)(H2,22,25,26). The van der Waals surface area contributed by atoms with E-state index in [2.05, 4.69) is 5.32 Å². The summed E-state index contributed by atoms with van der Waals surface area (Å²) in [5.41, 5.74) is 3.47. The maximum absolute atomic E-state index is 12.5. The molecule has 0 fully saturated rings. The van der Waals surface area contributed by atoms with Gasteiger partial charge in [0.2, 0.25) is 10.0 Å². The number of hydrogen-bond donors (Lipinski definition) is 2. The zero-order chi connectivity index (χ0) is 19.4. The first-order valence-electron chi connectivity index (χ1n) is 8.51. The minimum atomic E-state index is -3.82. The van der Waals surface area contributed by atoms with E-state index in [1.807, 2.05) is 25.1 Å². The van der Waals surface area contributed by atoms with Crippen molar-refractivity contribution in [2.45, 2.75) is 18.2 Å². The van der Waals surface area contributed by atoms with E-state index in [1.54, 1.807) is 48.5 Å². The Balaban J connectivity index is 1.86. The fourth-order valence-corrected chi connectivity index (χ4v) is 3.70. The fourth-order valence-electron chi connectivity index (χ4n) is 2.93. The first kappa shape index (κ1) is 18.8. The lowest BCUT2D eigenvalue weighted by molar-refractivity contribution is 0.102. The van der Waals surface area contributed by atoms with E-state index in [0.717, 1.165) is 12.0 Å². The second kappa shape index (κ2) is 7.73. The molecule has 0 atom stereocenters. The molecule has 0 heterocycles. The fraction of sp³-hybridized carbons (Fsp3) is 0.0952.